The molecule has 38 heavy (non-hydrogen) atoms. The third-order valence-corrected chi connectivity index (χ3v) is 6.20. The van der Waals surface area contributed by atoms with Crippen LogP contribution in [-0.4, -0.2) is 23.8 Å². The van der Waals surface area contributed by atoms with Gasteiger partial charge in [0.1, 0.15) is 5.82 Å². The van der Waals surface area contributed by atoms with E-state index in [1.807, 2.05) is 104 Å². The molecular formula is C33H26N2O3. The summed E-state index contributed by atoms with van der Waals surface area (Å²) in [5.41, 5.74) is 4.90. The first-order chi connectivity index (χ1) is 18.6. The predicted octanol–water partition coefficient (Wildman–Crippen LogP) is 6.28. The van der Waals surface area contributed by atoms with E-state index in [-0.39, 0.29) is 5.56 Å². The number of aromatic nitrogens is 2. The first-order valence-corrected chi connectivity index (χ1v) is 12.2. The Hall–Kier alpha value is -5.08. The van der Waals surface area contributed by atoms with Crippen molar-refractivity contribution in [3.63, 3.8) is 0 Å². The minimum absolute atomic E-state index is 0.131. The van der Waals surface area contributed by atoms with Crippen molar-refractivity contribution in [2.24, 2.45) is 0 Å². The molecule has 5 heteroatoms. The molecule has 0 N–H and O–H groups in total. The van der Waals surface area contributed by atoms with E-state index in [4.69, 9.17) is 14.5 Å². The van der Waals surface area contributed by atoms with Crippen LogP contribution in [-0.2, 0) is 0 Å². The summed E-state index contributed by atoms with van der Waals surface area (Å²) in [6.07, 6.45) is 3.75. The van der Waals surface area contributed by atoms with E-state index in [2.05, 4.69) is 11.8 Å². The highest BCUT2D eigenvalue weighted by molar-refractivity contribution is 5.80. The van der Waals surface area contributed by atoms with Crippen molar-refractivity contribution in [2.45, 2.75) is 6.92 Å². The van der Waals surface area contributed by atoms with Gasteiger partial charge in [-0.3, -0.25) is 9.36 Å². The smallest absolute Gasteiger partial charge is 0.266 e. The third kappa shape index (κ3) is 5.07. The molecule has 0 aliphatic carbocycles. The summed E-state index contributed by atoms with van der Waals surface area (Å²) in [4.78, 5) is 18.6. The quantitative estimate of drug-likeness (QED) is 0.268. The minimum Gasteiger partial charge on any atom is -0.493 e. The fourth-order valence-electron chi connectivity index (χ4n) is 4.27. The Balaban J connectivity index is 1.60. The molecule has 186 valence electrons. The number of nitrogens with zero attached hydrogens (tertiary/aromatic N) is 2. The van der Waals surface area contributed by atoms with E-state index in [0.29, 0.717) is 28.2 Å². The van der Waals surface area contributed by atoms with E-state index >= 15 is 0 Å². The van der Waals surface area contributed by atoms with Crippen LogP contribution in [0.5, 0.6) is 11.5 Å². The average molecular weight is 499 g/mol. The maximum atomic E-state index is 13.7. The molecule has 0 fully saturated rings. The van der Waals surface area contributed by atoms with Crippen molar-refractivity contribution in [2.75, 3.05) is 14.2 Å². The van der Waals surface area contributed by atoms with Crippen molar-refractivity contribution in [3.8, 4) is 29.0 Å². The fourth-order valence-corrected chi connectivity index (χ4v) is 4.27. The molecule has 1 aromatic heterocycles. The van der Waals surface area contributed by atoms with E-state index < -0.39 is 0 Å². The van der Waals surface area contributed by atoms with Gasteiger partial charge in [0, 0.05) is 11.1 Å². The molecule has 0 spiro atoms. The molecule has 0 aliphatic rings. The third-order valence-electron chi connectivity index (χ3n) is 6.20. The van der Waals surface area contributed by atoms with Crippen LogP contribution in [0.25, 0.3) is 28.7 Å². The number of fused-ring (bicyclic) bond motifs is 1. The Kier molecular flexibility index (Phi) is 7.06. The number of methoxy groups -OCH3 is 2. The first-order valence-electron chi connectivity index (χ1n) is 12.2. The first kappa shape index (κ1) is 24.6. The number of rotatable bonds is 5. The maximum absolute atomic E-state index is 13.7. The monoisotopic (exact) mass is 498 g/mol. The molecule has 5 aromatic rings. The molecule has 0 bridgehead atoms. The van der Waals surface area contributed by atoms with Gasteiger partial charge in [0.05, 0.1) is 30.8 Å². The Morgan fingerprint density at radius 2 is 1.50 bits per heavy atom. The molecule has 0 unspecified atom stereocenters. The number of benzene rings is 4. The molecule has 5 nitrogen and oxygen atoms in total. The summed E-state index contributed by atoms with van der Waals surface area (Å²) in [5.74, 6) is 8.20. The van der Waals surface area contributed by atoms with E-state index in [1.165, 1.54) is 0 Å². The summed E-state index contributed by atoms with van der Waals surface area (Å²) in [7, 11) is 3.20. The summed E-state index contributed by atoms with van der Waals surface area (Å²) in [6, 6.07) is 28.7. The summed E-state index contributed by atoms with van der Waals surface area (Å²) in [6.45, 7) is 1.98. The lowest BCUT2D eigenvalue weighted by Gasteiger charge is -2.14. The van der Waals surface area contributed by atoms with Gasteiger partial charge in [0.2, 0.25) is 0 Å². The van der Waals surface area contributed by atoms with E-state index in [9.17, 15) is 4.79 Å². The Labute approximate surface area is 221 Å². The predicted molar refractivity (Wildman–Crippen MR) is 153 cm³/mol. The van der Waals surface area contributed by atoms with Gasteiger partial charge in [-0.2, -0.15) is 0 Å². The Bertz CT molecular complexity index is 1770. The molecular weight excluding hydrogens is 472 g/mol. The molecule has 5 rings (SSSR count). The van der Waals surface area contributed by atoms with E-state index in [1.54, 1.807) is 24.9 Å². The van der Waals surface area contributed by atoms with Crippen molar-refractivity contribution >= 4 is 23.1 Å². The molecule has 0 aliphatic heterocycles. The number of hydrogen-bond acceptors (Lipinski definition) is 4. The van der Waals surface area contributed by atoms with E-state index in [0.717, 1.165) is 27.9 Å². The van der Waals surface area contributed by atoms with Crippen molar-refractivity contribution < 1.29 is 9.47 Å². The van der Waals surface area contributed by atoms with Gasteiger partial charge in [-0.25, -0.2) is 4.98 Å². The van der Waals surface area contributed by atoms with Crippen molar-refractivity contribution in [3.05, 3.63) is 129 Å². The van der Waals surface area contributed by atoms with Crippen LogP contribution < -0.4 is 15.0 Å². The van der Waals surface area contributed by atoms with Crippen LogP contribution in [0.3, 0.4) is 0 Å². The highest BCUT2D eigenvalue weighted by atomic mass is 16.5. The van der Waals surface area contributed by atoms with Crippen molar-refractivity contribution in [1.82, 2.24) is 9.55 Å². The molecule has 0 saturated carbocycles. The standard InChI is InChI=1S/C33H26N2O3/c1-23-21-25(14-13-24-9-5-4-6-10-24)15-18-29(23)35-32(34-28-12-8-7-11-27(28)33(35)36)20-17-26-16-19-30(37-2)31(22-26)38-3/h4-12,15-22H,1-3H3. The average Bonchev–Trinajstić information content (AvgIpc) is 2.96. The summed E-state index contributed by atoms with van der Waals surface area (Å²) >= 11 is 0. The second-order valence-corrected chi connectivity index (χ2v) is 8.69. The van der Waals surface area contributed by atoms with Gasteiger partial charge in [-0.05, 0) is 78.7 Å². The molecule has 0 atom stereocenters. The fraction of sp³-hybridized carbons (Fsp3) is 0.0909. The number of aryl methyl sites for hydroxylation is 1. The Morgan fingerprint density at radius 3 is 2.26 bits per heavy atom. The minimum atomic E-state index is -0.131. The van der Waals surface area contributed by atoms with Gasteiger partial charge in [0.15, 0.2) is 11.5 Å². The second kappa shape index (κ2) is 10.9. The summed E-state index contributed by atoms with van der Waals surface area (Å²) in [5, 5.41) is 0.558. The number of ether oxygens (including phenoxy) is 2. The molecule has 4 aromatic carbocycles. The largest absolute Gasteiger partial charge is 0.493 e. The zero-order valence-electron chi connectivity index (χ0n) is 21.4. The topological polar surface area (TPSA) is 53.3 Å². The zero-order valence-corrected chi connectivity index (χ0v) is 21.4. The highest BCUT2D eigenvalue weighted by Crippen LogP contribution is 2.28. The molecule has 0 amide bonds. The van der Waals surface area contributed by atoms with Crippen LogP contribution in [0.15, 0.2) is 95.8 Å². The molecule has 0 radical (unpaired) electrons. The zero-order chi connectivity index (χ0) is 26.5. The summed E-state index contributed by atoms with van der Waals surface area (Å²) < 4.78 is 12.4. The number of para-hydroxylation sites is 1. The van der Waals surface area contributed by atoms with Crippen LogP contribution in [0.4, 0.5) is 0 Å². The normalized spacial score (nSPS) is 10.8. The van der Waals surface area contributed by atoms with Gasteiger partial charge < -0.3 is 9.47 Å². The van der Waals surface area contributed by atoms with Crippen molar-refractivity contribution in [1.29, 1.82) is 0 Å². The second-order valence-electron chi connectivity index (χ2n) is 8.69. The SMILES string of the molecule is COc1ccc(C=Cc2nc3ccccc3c(=O)n2-c2ccc(C#Cc3ccccc3)cc2C)cc1OC. The van der Waals surface area contributed by atoms with Gasteiger partial charge in [-0.1, -0.05) is 54.3 Å². The molecule has 1 heterocycles. The van der Waals surface area contributed by atoms with Gasteiger partial charge in [-0.15, -0.1) is 0 Å². The van der Waals surface area contributed by atoms with Crippen LogP contribution in [0, 0.1) is 18.8 Å². The lowest BCUT2D eigenvalue weighted by Crippen LogP contribution is -2.23. The van der Waals surface area contributed by atoms with Gasteiger partial charge in [0.25, 0.3) is 5.56 Å². The maximum Gasteiger partial charge on any atom is 0.266 e. The lowest BCUT2D eigenvalue weighted by molar-refractivity contribution is 0.355. The van der Waals surface area contributed by atoms with Crippen LogP contribution in [0.1, 0.15) is 28.1 Å². The van der Waals surface area contributed by atoms with Crippen LogP contribution in [0.2, 0.25) is 0 Å². The molecule has 0 saturated heterocycles. The van der Waals surface area contributed by atoms with Gasteiger partial charge >= 0.3 is 0 Å². The Morgan fingerprint density at radius 1 is 0.763 bits per heavy atom. The number of hydrogen-bond donors (Lipinski definition) is 0. The van der Waals surface area contributed by atoms with Crippen LogP contribution >= 0.6 is 0 Å². The highest BCUT2D eigenvalue weighted by Gasteiger charge is 2.13. The lowest BCUT2D eigenvalue weighted by atomic mass is 10.1.